The van der Waals surface area contributed by atoms with E-state index in [1.807, 2.05) is 13.8 Å². The van der Waals surface area contributed by atoms with Crippen molar-refractivity contribution in [2.45, 2.75) is 33.2 Å². The number of nitrogens with one attached hydrogen (secondary N) is 1. The Morgan fingerprint density at radius 1 is 1.20 bits per heavy atom. The van der Waals surface area contributed by atoms with Crippen LogP contribution in [0.15, 0.2) is 24.3 Å². The molecule has 20 heavy (non-hydrogen) atoms. The molecule has 0 aliphatic rings. The number of hydrogen-bond donors (Lipinski definition) is 3. The second kappa shape index (κ2) is 6.93. The first-order valence-corrected chi connectivity index (χ1v) is 6.69. The number of nitrogens with two attached hydrogens (primary N) is 1. The monoisotopic (exact) mass is 278 g/mol. The Morgan fingerprint density at radius 2 is 1.75 bits per heavy atom. The maximum Gasteiger partial charge on any atom is 0.240 e. The molecule has 0 unspecified atom stereocenters. The summed E-state index contributed by atoms with van der Waals surface area (Å²) in [4.78, 5) is 23.3. The smallest absolute Gasteiger partial charge is 0.240 e. The zero-order valence-corrected chi connectivity index (χ0v) is 12.1. The highest BCUT2D eigenvalue weighted by atomic mass is 16.3. The second-order valence-corrected chi connectivity index (χ2v) is 5.40. The molecule has 5 heteroatoms. The summed E-state index contributed by atoms with van der Waals surface area (Å²) in [5, 5.41) is 11.9. The lowest BCUT2D eigenvalue weighted by molar-refractivity contribution is -0.130. The number of carbonyl (C=O) groups excluding carboxylic acids is 2. The Balaban J connectivity index is 2.62. The number of phenolic OH excluding ortho intramolecular Hbond substituents is 1. The van der Waals surface area contributed by atoms with E-state index in [0.29, 0.717) is 6.42 Å². The van der Waals surface area contributed by atoms with E-state index in [2.05, 4.69) is 5.32 Å². The van der Waals surface area contributed by atoms with E-state index in [9.17, 15) is 14.7 Å². The van der Waals surface area contributed by atoms with Gasteiger partial charge in [0.05, 0.1) is 0 Å². The van der Waals surface area contributed by atoms with Gasteiger partial charge >= 0.3 is 0 Å². The Morgan fingerprint density at radius 3 is 2.20 bits per heavy atom. The topological polar surface area (TPSA) is 92.4 Å². The van der Waals surface area contributed by atoms with Gasteiger partial charge in [-0.15, -0.1) is 0 Å². The Hall–Kier alpha value is -2.04. The third kappa shape index (κ3) is 4.57. The molecule has 0 heterocycles. The maximum atomic E-state index is 12.1. The van der Waals surface area contributed by atoms with Crippen molar-refractivity contribution in [3.8, 4) is 5.75 Å². The third-order valence-corrected chi connectivity index (χ3v) is 3.20. The fourth-order valence-corrected chi connectivity index (χ4v) is 1.94. The van der Waals surface area contributed by atoms with Gasteiger partial charge in [-0.2, -0.15) is 0 Å². The van der Waals surface area contributed by atoms with E-state index in [0.717, 1.165) is 5.56 Å². The second-order valence-electron chi connectivity index (χ2n) is 5.40. The van der Waals surface area contributed by atoms with Gasteiger partial charge < -0.3 is 16.2 Å². The number of primary amides is 1. The van der Waals surface area contributed by atoms with Gasteiger partial charge in [-0.25, -0.2) is 0 Å². The molecule has 110 valence electrons. The standard InChI is InChI=1S/C15H22N2O3/c1-9(2)13(14(16)19)17-15(20)10(3)8-11-4-6-12(18)7-5-11/h4-7,9-10,13,18H,8H2,1-3H3,(H2,16,19)(H,17,20)/t10-,13-/m0/s1. The molecule has 0 saturated carbocycles. The summed E-state index contributed by atoms with van der Waals surface area (Å²) in [6.45, 7) is 5.46. The fourth-order valence-electron chi connectivity index (χ4n) is 1.94. The molecule has 4 N–H and O–H groups in total. The number of hydrogen-bond acceptors (Lipinski definition) is 3. The Labute approximate surface area is 119 Å². The lowest BCUT2D eigenvalue weighted by Crippen LogP contribution is -2.49. The highest BCUT2D eigenvalue weighted by Gasteiger charge is 2.24. The molecule has 0 bridgehead atoms. The average molecular weight is 278 g/mol. The molecule has 1 aromatic rings. The van der Waals surface area contributed by atoms with E-state index >= 15 is 0 Å². The molecule has 1 rings (SSSR count). The first-order chi connectivity index (χ1) is 9.31. The van der Waals surface area contributed by atoms with Crippen LogP contribution in [-0.4, -0.2) is 23.0 Å². The minimum Gasteiger partial charge on any atom is -0.508 e. The van der Waals surface area contributed by atoms with Gasteiger partial charge in [0.25, 0.3) is 0 Å². The summed E-state index contributed by atoms with van der Waals surface area (Å²) in [5.74, 6) is -0.849. The molecule has 0 aromatic heterocycles. The lowest BCUT2D eigenvalue weighted by Gasteiger charge is -2.21. The number of carbonyl (C=O) groups is 2. The number of phenols is 1. The third-order valence-electron chi connectivity index (χ3n) is 3.20. The van der Waals surface area contributed by atoms with Crippen molar-refractivity contribution in [2.75, 3.05) is 0 Å². The van der Waals surface area contributed by atoms with Crippen molar-refractivity contribution in [3.63, 3.8) is 0 Å². The summed E-state index contributed by atoms with van der Waals surface area (Å²) in [6, 6.07) is 6.06. The van der Waals surface area contributed by atoms with Gasteiger partial charge in [-0.05, 0) is 30.0 Å². The van der Waals surface area contributed by atoms with Crippen LogP contribution in [0.3, 0.4) is 0 Å². The molecule has 2 atom stereocenters. The molecular weight excluding hydrogens is 256 g/mol. The predicted molar refractivity (Wildman–Crippen MR) is 76.9 cm³/mol. The van der Waals surface area contributed by atoms with Crippen LogP contribution in [0, 0.1) is 11.8 Å². The van der Waals surface area contributed by atoms with Crippen molar-refractivity contribution in [1.82, 2.24) is 5.32 Å². The molecule has 0 aliphatic carbocycles. The van der Waals surface area contributed by atoms with Crippen molar-refractivity contribution in [2.24, 2.45) is 17.6 Å². The van der Waals surface area contributed by atoms with E-state index in [-0.39, 0.29) is 23.5 Å². The van der Waals surface area contributed by atoms with Crippen LogP contribution < -0.4 is 11.1 Å². The molecule has 1 aromatic carbocycles. The molecule has 0 aliphatic heterocycles. The van der Waals surface area contributed by atoms with E-state index < -0.39 is 11.9 Å². The SMILES string of the molecule is CC(C)[C@H](NC(=O)[C@@H](C)Cc1ccc(O)cc1)C(N)=O. The van der Waals surface area contributed by atoms with Gasteiger partial charge in [0.2, 0.25) is 11.8 Å². The van der Waals surface area contributed by atoms with Crippen LogP contribution in [0.25, 0.3) is 0 Å². The lowest BCUT2D eigenvalue weighted by atomic mass is 9.98. The molecule has 0 fully saturated rings. The van der Waals surface area contributed by atoms with Gasteiger partial charge in [0.15, 0.2) is 0 Å². The number of amides is 2. The molecule has 0 saturated heterocycles. The average Bonchev–Trinajstić information content (AvgIpc) is 2.37. The van der Waals surface area contributed by atoms with Gasteiger partial charge in [-0.1, -0.05) is 32.9 Å². The van der Waals surface area contributed by atoms with Gasteiger partial charge in [0, 0.05) is 5.92 Å². The first-order valence-electron chi connectivity index (χ1n) is 6.69. The van der Waals surface area contributed by atoms with Crippen molar-refractivity contribution in [3.05, 3.63) is 29.8 Å². The van der Waals surface area contributed by atoms with Crippen LogP contribution in [0.4, 0.5) is 0 Å². The summed E-state index contributed by atoms with van der Waals surface area (Å²) < 4.78 is 0. The largest absolute Gasteiger partial charge is 0.508 e. The minimum absolute atomic E-state index is 0.0441. The van der Waals surface area contributed by atoms with Crippen LogP contribution >= 0.6 is 0 Å². The highest BCUT2D eigenvalue weighted by Crippen LogP contribution is 2.14. The van der Waals surface area contributed by atoms with Crippen LogP contribution in [-0.2, 0) is 16.0 Å². The van der Waals surface area contributed by atoms with Crippen molar-refractivity contribution >= 4 is 11.8 Å². The summed E-state index contributed by atoms with van der Waals surface area (Å²) >= 11 is 0. The maximum absolute atomic E-state index is 12.1. The van der Waals surface area contributed by atoms with Crippen molar-refractivity contribution in [1.29, 1.82) is 0 Å². The molecule has 2 amide bonds. The number of rotatable bonds is 6. The van der Waals surface area contributed by atoms with E-state index in [1.54, 1.807) is 31.2 Å². The molecule has 5 nitrogen and oxygen atoms in total. The summed E-state index contributed by atoms with van der Waals surface area (Å²) in [5.41, 5.74) is 6.22. The fraction of sp³-hybridized carbons (Fsp3) is 0.467. The number of aromatic hydroxyl groups is 1. The van der Waals surface area contributed by atoms with Gasteiger partial charge in [0.1, 0.15) is 11.8 Å². The number of benzene rings is 1. The van der Waals surface area contributed by atoms with Crippen molar-refractivity contribution < 1.29 is 14.7 Å². The zero-order valence-electron chi connectivity index (χ0n) is 12.1. The van der Waals surface area contributed by atoms with Crippen LogP contribution in [0.1, 0.15) is 26.3 Å². The molecule has 0 spiro atoms. The molecular formula is C15H22N2O3. The zero-order chi connectivity index (χ0) is 15.3. The normalized spacial score (nSPS) is 13.8. The quantitative estimate of drug-likeness (QED) is 0.730. The summed E-state index contributed by atoms with van der Waals surface area (Å²) in [7, 11) is 0. The predicted octanol–water partition coefficient (Wildman–Crippen LogP) is 1.20. The Bertz CT molecular complexity index is 469. The van der Waals surface area contributed by atoms with Gasteiger partial charge in [-0.3, -0.25) is 9.59 Å². The molecule has 0 radical (unpaired) electrons. The Kier molecular flexibility index (Phi) is 5.55. The highest BCUT2D eigenvalue weighted by molar-refractivity contribution is 5.87. The first kappa shape index (κ1) is 16.0. The van der Waals surface area contributed by atoms with E-state index in [1.165, 1.54) is 0 Å². The van der Waals surface area contributed by atoms with Crippen LogP contribution in [0.5, 0.6) is 5.75 Å². The summed E-state index contributed by atoms with van der Waals surface area (Å²) in [6.07, 6.45) is 0.537. The van der Waals surface area contributed by atoms with E-state index in [4.69, 9.17) is 5.73 Å². The van der Waals surface area contributed by atoms with Crippen LogP contribution in [0.2, 0.25) is 0 Å². The minimum atomic E-state index is -0.648.